The lowest BCUT2D eigenvalue weighted by molar-refractivity contribution is -0.115. The zero-order valence-corrected chi connectivity index (χ0v) is 18.1. The number of nitrogens with one attached hydrogen (secondary N) is 1. The fraction of sp³-hybridized carbons (Fsp3) is 0.211. The molecule has 2 aromatic carbocycles. The number of ether oxygens (including phenoxy) is 1. The normalized spacial score (nSPS) is 11.9. The van der Waals surface area contributed by atoms with E-state index < -0.39 is 5.25 Å². The second-order valence-electron chi connectivity index (χ2n) is 5.98. The average molecular weight is 452 g/mol. The molecule has 3 aromatic rings. The van der Waals surface area contributed by atoms with Crippen molar-refractivity contribution in [3.8, 4) is 17.1 Å². The van der Waals surface area contributed by atoms with Crippen LogP contribution in [0.1, 0.15) is 13.8 Å². The standard InChI is InChI=1S/C19H19Cl2N5O2S/c1-3-28-13-9-7-12(8-10-13)17-24-25-19(26(17)22)29-11(2)18(27)23-15-6-4-5-14(20)16(15)21/h4-11H,3,22H2,1-2H3,(H,23,27). The van der Waals surface area contributed by atoms with Crippen LogP contribution in [0, 0.1) is 0 Å². The smallest absolute Gasteiger partial charge is 0.237 e. The molecular weight excluding hydrogens is 433 g/mol. The van der Waals surface area contributed by atoms with Gasteiger partial charge in [-0.05, 0) is 50.2 Å². The van der Waals surface area contributed by atoms with Gasteiger partial charge in [-0.15, -0.1) is 10.2 Å². The van der Waals surface area contributed by atoms with E-state index >= 15 is 0 Å². The molecule has 1 aromatic heterocycles. The Morgan fingerprint density at radius 1 is 1.24 bits per heavy atom. The first-order chi connectivity index (χ1) is 13.9. The monoisotopic (exact) mass is 451 g/mol. The van der Waals surface area contributed by atoms with E-state index in [0.717, 1.165) is 11.3 Å². The number of aromatic nitrogens is 3. The van der Waals surface area contributed by atoms with Gasteiger partial charge < -0.3 is 15.9 Å². The summed E-state index contributed by atoms with van der Waals surface area (Å²) in [7, 11) is 0. The highest BCUT2D eigenvalue weighted by molar-refractivity contribution is 8.00. The third-order valence-electron chi connectivity index (χ3n) is 3.95. The lowest BCUT2D eigenvalue weighted by atomic mass is 10.2. The number of thioether (sulfide) groups is 1. The first-order valence-electron chi connectivity index (χ1n) is 8.76. The summed E-state index contributed by atoms with van der Waals surface area (Å²) >= 11 is 13.3. The fourth-order valence-electron chi connectivity index (χ4n) is 2.47. The molecule has 0 radical (unpaired) electrons. The molecule has 1 atom stereocenters. The Balaban J connectivity index is 1.70. The van der Waals surface area contributed by atoms with Crippen LogP contribution in [0.5, 0.6) is 5.75 Å². The van der Waals surface area contributed by atoms with Gasteiger partial charge in [0.25, 0.3) is 0 Å². The number of carbonyl (C=O) groups excluding carboxylic acids is 1. The zero-order valence-electron chi connectivity index (χ0n) is 15.7. The molecule has 0 aliphatic heterocycles. The molecule has 1 heterocycles. The van der Waals surface area contributed by atoms with Crippen molar-refractivity contribution in [2.24, 2.45) is 0 Å². The van der Waals surface area contributed by atoms with Crippen molar-refractivity contribution in [3.63, 3.8) is 0 Å². The van der Waals surface area contributed by atoms with E-state index in [0.29, 0.717) is 33.3 Å². The zero-order chi connectivity index (χ0) is 21.0. The van der Waals surface area contributed by atoms with E-state index in [4.69, 9.17) is 33.8 Å². The van der Waals surface area contributed by atoms with Gasteiger partial charge in [-0.3, -0.25) is 4.79 Å². The first kappa shape index (κ1) is 21.3. The van der Waals surface area contributed by atoms with Gasteiger partial charge in [0.05, 0.1) is 27.6 Å². The molecule has 29 heavy (non-hydrogen) atoms. The maximum Gasteiger partial charge on any atom is 0.237 e. The molecule has 0 saturated heterocycles. The summed E-state index contributed by atoms with van der Waals surface area (Å²) in [5, 5.41) is 11.6. The summed E-state index contributed by atoms with van der Waals surface area (Å²) in [4.78, 5) is 12.5. The van der Waals surface area contributed by atoms with Gasteiger partial charge in [-0.1, -0.05) is 41.0 Å². The number of anilines is 1. The van der Waals surface area contributed by atoms with Crippen molar-refractivity contribution in [2.75, 3.05) is 17.8 Å². The first-order valence-corrected chi connectivity index (χ1v) is 10.4. The summed E-state index contributed by atoms with van der Waals surface area (Å²) < 4.78 is 6.79. The molecule has 1 amide bonds. The number of hydrogen-bond acceptors (Lipinski definition) is 6. The number of hydrogen-bond donors (Lipinski definition) is 2. The van der Waals surface area contributed by atoms with Crippen molar-refractivity contribution in [3.05, 3.63) is 52.5 Å². The van der Waals surface area contributed by atoms with Gasteiger partial charge in [0.2, 0.25) is 11.1 Å². The van der Waals surface area contributed by atoms with Crippen LogP contribution in [0.4, 0.5) is 5.69 Å². The van der Waals surface area contributed by atoms with Gasteiger partial charge in [0.15, 0.2) is 5.82 Å². The molecule has 3 N–H and O–H groups in total. The molecular formula is C19H19Cl2N5O2S. The lowest BCUT2D eigenvalue weighted by Gasteiger charge is -2.13. The number of benzene rings is 2. The average Bonchev–Trinajstić information content (AvgIpc) is 3.06. The van der Waals surface area contributed by atoms with E-state index in [1.165, 1.54) is 16.4 Å². The Morgan fingerprint density at radius 3 is 2.66 bits per heavy atom. The summed E-state index contributed by atoms with van der Waals surface area (Å²) in [6.45, 7) is 4.25. The Bertz CT molecular complexity index is 1010. The minimum Gasteiger partial charge on any atom is -0.494 e. The Morgan fingerprint density at radius 2 is 1.97 bits per heavy atom. The van der Waals surface area contributed by atoms with Crippen LogP contribution in [0.2, 0.25) is 10.0 Å². The van der Waals surface area contributed by atoms with Crippen LogP contribution in [0.15, 0.2) is 47.6 Å². The number of nitrogens with two attached hydrogens (primary N) is 1. The predicted octanol–water partition coefficient (Wildman–Crippen LogP) is 4.48. The molecule has 0 aliphatic carbocycles. The molecule has 0 fully saturated rings. The molecule has 7 nitrogen and oxygen atoms in total. The van der Waals surface area contributed by atoms with Gasteiger partial charge in [-0.2, -0.15) is 0 Å². The molecule has 0 bridgehead atoms. The number of rotatable bonds is 7. The minimum atomic E-state index is -0.496. The molecule has 3 rings (SSSR count). The van der Waals surface area contributed by atoms with Crippen LogP contribution >= 0.6 is 35.0 Å². The number of carbonyl (C=O) groups is 1. The quantitative estimate of drug-likeness (QED) is 0.405. The predicted molar refractivity (Wildman–Crippen MR) is 117 cm³/mol. The van der Waals surface area contributed by atoms with Gasteiger partial charge >= 0.3 is 0 Å². The summed E-state index contributed by atoms with van der Waals surface area (Å²) in [5.41, 5.74) is 1.24. The minimum absolute atomic E-state index is 0.259. The van der Waals surface area contributed by atoms with Crippen molar-refractivity contribution >= 4 is 46.6 Å². The summed E-state index contributed by atoms with van der Waals surface area (Å²) in [6.07, 6.45) is 0. The largest absolute Gasteiger partial charge is 0.494 e. The second kappa shape index (κ2) is 9.39. The van der Waals surface area contributed by atoms with E-state index in [9.17, 15) is 4.79 Å². The van der Waals surface area contributed by atoms with E-state index in [-0.39, 0.29) is 5.91 Å². The maximum atomic E-state index is 12.5. The second-order valence-corrected chi connectivity index (χ2v) is 8.08. The number of nitrogens with zero attached hydrogens (tertiary/aromatic N) is 3. The topological polar surface area (TPSA) is 95.1 Å². The van der Waals surface area contributed by atoms with Crippen LogP contribution in [-0.2, 0) is 4.79 Å². The highest BCUT2D eigenvalue weighted by Crippen LogP contribution is 2.31. The van der Waals surface area contributed by atoms with Crippen molar-refractivity contribution in [1.29, 1.82) is 0 Å². The highest BCUT2D eigenvalue weighted by atomic mass is 35.5. The van der Waals surface area contributed by atoms with E-state index in [1.807, 2.05) is 31.2 Å². The Kier molecular flexibility index (Phi) is 6.89. The molecule has 10 heteroatoms. The third-order valence-corrected chi connectivity index (χ3v) is 5.82. The summed E-state index contributed by atoms with van der Waals surface area (Å²) in [6, 6.07) is 12.4. The fourth-order valence-corrected chi connectivity index (χ4v) is 3.59. The van der Waals surface area contributed by atoms with E-state index in [1.54, 1.807) is 25.1 Å². The van der Waals surface area contributed by atoms with Crippen molar-refractivity contribution in [2.45, 2.75) is 24.3 Å². The van der Waals surface area contributed by atoms with Crippen LogP contribution in [0.25, 0.3) is 11.4 Å². The third kappa shape index (κ3) is 4.95. The van der Waals surface area contributed by atoms with Crippen molar-refractivity contribution < 1.29 is 9.53 Å². The molecule has 0 saturated carbocycles. The Hall–Kier alpha value is -2.42. The molecule has 0 spiro atoms. The Labute approximate surface area is 182 Å². The summed E-state index contributed by atoms with van der Waals surface area (Å²) in [5.74, 6) is 7.14. The van der Waals surface area contributed by atoms with Gasteiger partial charge in [0.1, 0.15) is 5.75 Å². The number of amides is 1. The lowest BCUT2D eigenvalue weighted by Crippen LogP contribution is -2.23. The van der Waals surface area contributed by atoms with Crippen molar-refractivity contribution in [1.82, 2.24) is 14.9 Å². The van der Waals surface area contributed by atoms with Crippen LogP contribution < -0.4 is 15.9 Å². The molecule has 0 aliphatic rings. The van der Waals surface area contributed by atoms with E-state index in [2.05, 4.69) is 15.5 Å². The van der Waals surface area contributed by atoms with Gasteiger partial charge in [0, 0.05) is 5.56 Å². The highest BCUT2D eigenvalue weighted by Gasteiger charge is 2.21. The molecule has 1 unspecified atom stereocenters. The van der Waals surface area contributed by atoms with Crippen LogP contribution in [0.3, 0.4) is 0 Å². The maximum absolute atomic E-state index is 12.5. The number of halogens is 2. The molecule has 152 valence electrons. The van der Waals surface area contributed by atoms with Crippen LogP contribution in [-0.4, -0.2) is 32.6 Å². The number of nitrogen functional groups attached to an aromatic ring is 1. The van der Waals surface area contributed by atoms with Gasteiger partial charge in [-0.25, -0.2) is 4.68 Å². The SMILES string of the molecule is CCOc1ccc(-c2nnc(SC(C)C(=O)Nc3cccc(Cl)c3Cl)n2N)cc1.